The average Bonchev–Trinajstić information content (AvgIpc) is 3.36. The highest BCUT2D eigenvalue weighted by molar-refractivity contribution is 5.89. The zero-order valence-corrected chi connectivity index (χ0v) is 19.7. The number of methoxy groups -OCH3 is 2. The first-order valence-corrected chi connectivity index (χ1v) is 11.0. The fourth-order valence-corrected chi connectivity index (χ4v) is 3.92. The van der Waals surface area contributed by atoms with Crippen LogP contribution < -0.4 is 14.4 Å². The topological polar surface area (TPSA) is 63.9 Å². The monoisotopic (exact) mass is 456 g/mol. The number of terminal acetylenes is 1. The second-order valence-electron chi connectivity index (χ2n) is 7.95. The number of furan rings is 1. The second-order valence-corrected chi connectivity index (χ2v) is 7.95. The zero-order chi connectivity index (χ0) is 23.9. The molecule has 0 fully saturated rings. The van der Waals surface area contributed by atoms with E-state index >= 15 is 0 Å². The van der Waals surface area contributed by atoms with Crippen LogP contribution in [0.4, 0.5) is 5.82 Å². The number of ether oxygens (including phenoxy) is 2. The molecular weight excluding hydrogens is 428 g/mol. The van der Waals surface area contributed by atoms with E-state index in [-0.39, 0.29) is 0 Å². The van der Waals surface area contributed by atoms with Crippen LogP contribution in [0, 0.1) is 12.3 Å². The minimum atomic E-state index is 0.466. The van der Waals surface area contributed by atoms with Crippen molar-refractivity contribution in [1.82, 2.24) is 14.9 Å². The summed E-state index contributed by atoms with van der Waals surface area (Å²) in [5.74, 6) is 6.53. The van der Waals surface area contributed by atoms with E-state index in [1.807, 2.05) is 61.6 Å². The highest BCUT2D eigenvalue weighted by atomic mass is 16.5. The second kappa shape index (κ2) is 10.7. The van der Waals surface area contributed by atoms with Gasteiger partial charge in [-0.05, 0) is 42.0 Å². The van der Waals surface area contributed by atoms with E-state index in [1.54, 1.807) is 20.5 Å². The molecule has 0 saturated heterocycles. The molecule has 4 rings (SSSR count). The molecule has 4 aromatic rings. The number of para-hydroxylation sites is 1. The predicted molar refractivity (Wildman–Crippen MR) is 133 cm³/mol. The first-order valence-electron chi connectivity index (χ1n) is 11.0. The van der Waals surface area contributed by atoms with Crippen LogP contribution in [-0.4, -0.2) is 42.7 Å². The number of aromatic nitrogens is 2. The molecular formula is C27H28N4O3. The quantitative estimate of drug-likeness (QED) is 0.325. The first kappa shape index (κ1) is 23.1. The minimum Gasteiger partial charge on any atom is -0.493 e. The van der Waals surface area contributed by atoms with Crippen molar-refractivity contribution in [3.8, 4) is 23.8 Å². The predicted octanol–water partition coefficient (Wildman–Crippen LogP) is 4.51. The van der Waals surface area contributed by atoms with Crippen molar-refractivity contribution in [2.45, 2.75) is 19.6 Å². The molecule has 0 amide bonds. The Morgan fingerprint density at radius 2 is 1.76 bits per heavy atom. The fraction of sp³-hybridized carbons (Fsp3) is 0.259. The molecule has 0 N–H and O–H groups in total. The van der Waals surface area contributed by atoms with Crippen molar-refractivity contribution in [2.75, 3.05) is 32.7 Å². The molecule has 2 aromatic carbocycles. The van der Waals surface area contributed by atoms with Crippen LogP contribution in [-0.2, 0) is 19.6 Å². The van der Waals surface area contributed by atoms with Crippen molar-refractivity contribution in [2.24, 2.45) is 0 Å². The third-order valence-electron chi connectivity index (χ3n) is 5.50. The molecule has 0 saturated carbocycles. The van der Waals surface area contributed by atoms with Gasteiger partial charge in [0.15, 0.2) is 11.5 Å². The van der Waals surface area contributed by atoms with Gasteiger partial charge in [-0.3, -0.25) is 4.90 Å². The van der Waals surface area contributed by atoms with Crippen molar-refractivity contribution < 1.29 is 13.9 Å². The summed E-state index contributed by atoms with van der Waals surface area (Å²) < 4.78 is 16.3. The number of fused-ring (bicyclic) bond motifs is 1. The molecule has 7 nitrogen and oxygen atoms in total. The van der Waals surface area contributed by atoms with E-state index in [0.717, 1.165) is 28.0 Å². The summed E-state index contributed by atoms with van der Waals surface area (Å²) in [5, 5.41) is 0.990. The van der Waals surface area contributed by atoms with Crippen molar-refractivity contribution in [3.63, 3.8) is 0 Å². The van der Waals surface area contributed by atoms with Crippen LogP contribution in [0.2, 0.25) is 0 Å². The lowest BCUT2D eigenvalue weighted by molar-refractivity contribution is 0.258. The molecule has 0 radical (unpaired) electrons. The van der Waals surface area contributed by atoms with Gasteiger partial charge in [0.2, 0.25) is 0 Å². The summed E-state index contributed by atoms with van der Waals surface area (Å²) in [7, 11) is 5.30. The molecule has 0 aliphatic carbocycles. The maximum atomic E-state index is 5.62. The molecule has 0 aliphatic rings. The van der Waals surface area contributed by atoms with E-state index in [2.05, 4.69) is 15.7 Å². The summed E-state index contributed by atoms with van der Waals surface area (Å²) in [6, 6.07) is 17.8. The molecule has 0 bridgehead atoms. The minimum absolute atomic E-state index is 0.466. The van der Waals surface area contributed by atoms with Gasteiger partial charge in [0.05, 0.1) is 45.6 Å². The number of rotatable bonds is 10. The largest absolute Gasteiger partial charge is 0.493 e. The lowest BCUT2D eigenvalue weighted by Gasteiger charge is -2.23. The van der Waals surface area contributed by atoms with Gasteiger partial charge in [-0.15, -0.1) is 6.42 Å². The Kier molecular flexibility index (Phi) is 7.31. The van der Waals surface area contributed by atoms with Crippen LogP contribution in [0.3, 0.4) is 0 Å². The normalized spacial score (nSPS) is 10.9. The zero-order valence-electron chi connectivity index (χ0n) is 19.7. The Hall–Kier alpha value is -4.02. The first-order chi connectivity index (χ1) is 16.6. The molecule has 0 aliphatic heterocycles. The maximum absolute atomic E-state index is 5.62. The van der Waals surface area contributed by atoms with Gasteiger partial charge in [-0.2, -0.15) is 0 Å². The molecule has 34 heavy (non-hydrogen) atoms. The summed E-state index contributed by atoms with van der Waals surface area (Å²) >= 11 is 0. The van der Waals surface area contributed by atoms with Crippen LogP contribution in [0.1, 0.15) is 17.1 Å². The molecule has 0 spiro atoms. The Morgan fingerprint density at radius 1 is 0.941 bits per heavy atom. The van der Waals surface area contributed by atoms with Crippen molar-refractivity contribution in [3.05, 3.63) is 78.0 Å². The Bertz CT molecular complexity index is 1280. The van der Waals surface area contributed by atoms with Crippen LogP contribution >= 0.6 is 0 Å². The van der Waals surface area contributed by atoms with E-state index in [0.29, 0.717) is 43.5 Å². The molecule has 174 valence electrons. The fourth-order valence-electron chi connectivity index (χ4n) is 3.92. The standard InChI is InChI=1S/C27H28N4O3/c1-5-14-31(18-21-9-8-15-34-21)19-26-28-23-11-7-6-10-22(23)27(29-26)30(2)17-20-12-13-24(32-3)25(16-20)33-4/h1,6-13,15-16H,14,17-19H2,2-4H3. The SMILES string of the molecule is C#CCN(Cc1nc(N(C)Cc2ccc(OC)c(OC)c2)c2ccccc2n1)Cc1ccco1. The molecule has 0 unspecified atom stereocenters. The third kappa shape index (κ3) is 5.30. The molecule has 2 heterocycles. The van der Waals surface area contributed by atoms with E-state index in [4.69, 9.17) is 30.3 Å². The Balaban J connectivity index is 1.63. The summed E-state index contributed by atoms with van der Waals surface area (Å²) in [6.07, 6.45) is 7.28. The molecule has 0 atom stereocenters. The highest BCUT2D eigenvalue weighted by Gasteiger charge is 2.16. The number of anilines is 1. The number of benzene rings is 2. The van der Waals surface area contributed by atoms with Crippen LogP contribution in [0.15, 0.2) is 65.3 Å². The van der Waals surface area contributed by atoms with E-state index in [1.165, 1.54) is 0 Å². The summed E-state index contributed by atoms with van der Waals surface area (Å²) in [6.45, 7) is 2.20. The third-order valence-corrected chi connectivity index (χ3v) is 5.50. The maximum Gasteiger partial charge on any atom is 0.161 e. The number of nitrogens with zero attached hydrogens (tertiary/aromatic N) is 4. The van der Waals surface area contributed by atoms with E-state index in [9.17, 15) is 0 Å². The summed E-state index contributed by atoms with van der Waals surface area (Å²) in [5.41, 5.74) is 1.97. The van der Waals surface area contributed by atoms with Gasteiger partial charge in [0.1, 0.15) is 17.4 Å². The van der Waals surface area contributed by atoms with Crippen LogP contribution in [0.5, 0.6) is 11.5 Å². The van der Waals surface area contributed by atoms with E-state index < -0.39 is 0 Å². The number of hydrogen-bond acceptors (Lipinski definition) is 7. The highest BCUT2D eigenvalue weighted by Crippen LogP contribution is 2.30. The van der Waals surface area contributed by atoms with Crippen LogP contribution in [0.25, 0.3) is 10.9 Å². The Labute approximate surface area is 199 Å². The van der Waals surface area contributed by atoms with Crippen molar-refractivity contribution >= 4 is 16.7 Å². The lowest BCUT2D eigenvalue weighted by atomic mass is 10.1. The lowest BCUT2D eigenvalue weighted by Crippen LogP contribution is -2.25. The van der Waals surface area contributed by atoms with Crippen molar-refractivity contribution in [1.29, 1.82) is 0 Å². The summed E-state index contributed by atoms with van der Waals surface area (Å²) in [4.78, 5) is 14.0. The van der Waals surface area contributed by atoms with Gasteiger partial charge in [0, 0.05) is 19.0 Å². The average molecular weight is 457 g/mol. The molecule has 7 heteroatoms. The Morgan fingerprint density at radius 3 is 2.50 bits per heavy atom. The van der Waals surface area contributed by atoms with Gasteiger partial charge in [0.25, 0.3) is 0 Å². The smallest absolute Gasteiger partial charge is 0.161 e. The molecule has 2 aromatic heterocycles. The number of hydrogen-bond donors (Lipinski definition) is 0. The van der Waals surface area contributed by atoms with Gasteiger partial charge >= 0.3 is 0 Å². The van der Waals surface area contributed by atoms with Gasteiger partial charge in [-0.25, -0.2) is 9.97 Å². The van der Waals surface area contributed by atoms with Gasteiger partial charge < -0.3 is 18.8 Å². The van der Waals surface area contributed by atoms with Gasteiger partial charge in [-0.1, -0.05) is 24.1 Å².